The molecule has 0 fully saturated rings. The lowest BCUT2D eigenvalue weighted by Gasteiger charge is -2.25. The van der Waals surface area contributed by atoms with Crippen molar-refractivity contribution in [3.05, 3.63) is 75.3 Å². The van der Waals surface area contributed by atoms with Crippen molar-refractivity contribution in [1.82, 2.24) is 25.0 Å². The number of halogens is 2. The normalized spacial score (nSPS) is 16.0. The van der Waals surface area contributed by atoms with E-state index >= 15 is 0 Å². The molecule has 144 valence electrons. The third kappa shape index (κ3) is 2.98. The van der Waals surface area contributed by atoms with Gasteiger partial charge >= 0.3 is 0 Å². The summed E-state index contributed by atoms with van der Waals surface area (Å²) in [7, 11) is 0. The Balaban J connectivity index is 1.76. The lowest BCUT2D eigenvalue weighted by Crippen LogP contribution is -2.27. The van der Waals surface area contributed by atoms with Crippen LogP contribution in [0.2, 0.25) is 0 Å². The standard InChI is InChI=1S/C20H15BrFN7/c1-10-18-16(26-20(23)24-10)9-15(12-7-6-11(22)8-13(12)21)25-19(18)29-17-5-3-2-4-14(17)27-28-29/h2-8,15H,9H2,1H3,(H2,23,24,26)/t15-/m1/s1. The fourth-order valence-electron chi connectivity index (χ4n) is 3.67. The summed E-state index contributed by atoms with van der Waals surface area (Å²) in [6.45, 7) is 1.87. The predicted octanol–water partition coefficient (Wildman–Crippen LogP) is 3.61. The van der Waals surface area contributed by atoms with Gasteiger partial charge in [-0.1, -0.05) is 39.3 Å². The molecule has 3 heterocycles. The van der Waals surface area contributed by atoms with Gasteiger partial charge in [0.1, 0.15) is 11.3 Å². The minimum Gasteiger partial charge on any atom is -0.368 e. The van der Waals surface area contributed by atoms with Crippen molar-refractivity contribution >= 4 is 38.7 Å². The highest BCUT2D eigenvalue weighted by molar-refractivity contribution is 9.10. The lowest BCUT2D eigenvalue weighted by atomic mass is 9.95. The summed E-state index contributed by atoms with van der Waals surface area (Å²) in [5.41, 5.74) is 10.7. The molecule has 2 aromatic heterocycles. The number of hydrogen-bond acceptors (Lipinski definition) is 6. The average molecular weight is 452 g/mol. The van der Waals surface area contributed by atoms with Crippen LogP contribution in [0.5, 0.6) is 0 Å². The fraction of sp³-hybridized carbons (Fsp3) is 0.150. The fourth-order valence-corrected chi connectivity index (χ4v) is 4.29. The van der Waals surface area contributed by atoms with E-state index in [0.717, 1.165) is 33.5 Å². The van der Waals surface area contributed by atoms with Crippen LogP contribution in [-0.4, -0.2) is 30.8 Å². The van der Waals surface area contributed by atoms with Gasteiger partial charge in [-0.15, -0.1) is 5.10 Å². The summed E-state index contributed by atoms with van der Waals surface area (Å²) < 4.78 is 16.0. The van der Waals surface area contributed by atoms with Crippen molar-refractivity contribution in [2.75, 3.05) is 5.73 Å². The maximum absolute atomic E-state index is 13.6. The van der Waals surface area contributed by atoms with Gasteiger partial charge in [0.25, 0.3) is 0 Å². The Bertz CT molecular complexity index is 1300. The molecule has 1 aliphatic rings. The van der Waals surface area contributed by atoms with Crippen LogP contribution in [0.3, 0.4) is 0 Å². The van der Waals surface area contributed by atoms with Crippen molar-refractivity contribution in [2.45, 2.75) is 19.4 Å². The van der Waals surface area contributed by atoms with E-state index in [1.807, 2.05) is 31.2 Å². The zero-order valence-electron chi connectivity index (χ0n) is 15.3. The Labute approximate surface area is 173 Å². The van der Waals surface area contributed by atoms with Crippen LogP contribution in [0.25, 0.3) is 11.0 Å². The van der Waals surface area contributed by atoms with Crippen LogP contribution in [0.15, 0.2) is 51.9 Å². The molecule has 29 heavy (non-hydrogen) atoms. The number of benzene rings is 2. The number of aliphatic imine (C=N–C) groups is 1. The number of anilines is 1. The van der Waals surface area contributed by atoms with E-state index in [1.165, 1.54) is 12.1 Å². The molecule has 0 amide bonds. The summed E-state index contributed by atoms with van der Waals surface area (Å²) in [6, 6.07) is 12.0. The molecule has 0 unspecified atom stereocenters. The van der Waals surface area contributed by atoms with Crippen molar-refractivity contribution in [1.29, 1.82) is 0 Å². The van der Waals surface area contributed by atoms with Gasteiger partial charge in [0.15, 0.2) is 5.84 Å². The second kappa shape index (κ2) is 6.70. The number of nitrogens with two attached hydrogens (primary N) is 1. The number of nitrogen functional groups attached to an aromatic ring is 1. The number of para-hydroxylation sites is 1. The number of hydrogen-bond donors (Lipinski definition) is 1. The predicted molar refractivity (Wildman–Crippen MR) is 111 cm³/mol. The molecular formula is C20H15BrFN7. The Kier molecular flexibility index (Phi) is 4.13. The summed E-state index contributed by atoms with van der Waals surface area (Å²) in [4.78, 5) is 13.8. The number of aryl methyl sites for hydroxylation is 1. The first-order valence-electron chi connectivity index (χ1n) is 8.98. The molecule has 0 spiro atoms. The minimum atomic E-state index is -0.314. The number of nitrogens with zero attached hydrogens (tertiary/aromatic N) is 6. The average Bonchev–Trinajstić information content (AvgIpc) is 3.11. The van der Waals surface area contributed by atoms with Gasteiger partial charge in [-0.25, -0.2) is 14.4 Å². The Hall–Kier alpha value is -3.20. The van der Waals surface area contributed by atoms with Crippen molar-refractivity contribution in [2.24, 2.45) is 4.99 Å². The van der Waals surface area contributed by atoms with E-state index in [9.17, 15) is 4.39 Å². The van der Waals surface area contributed by atoms with E-state index < -0.39 is 0 Å². The van der Waals surface area contributed by atoms with E-state index in [-0.39, 0.29) is 17.8 Å². The first-order chi connectivity index (χ1) is 14.0. The van der Waals surface area contributed by atoms with Gasteiger partial charge in [-0.3, -0.25) is 4.99 Å². The van der Waals surface area contributed by atoms with Crippen LogP contribution in [0.4, 0.5) is 10.3 Å². The molecular weight excluding hydrogens is 437 g/mol. The van der Waals surface area contributed by atoms with Crippen LogP contribution in [0, 0.1) is 12.7 Å². The van der Waals surface area contributed by atoms with Gasteiger partial charge in [-0.2, -0.15) is 4.68 Å². The molecule has 1 aliphatic heterocycles. The quantitative estimate of drug-likeness (QED) is 0.476. The van der Waals surface area contributed by atoms with Gasteiger partial charge < -0.3 is 5.73 Å². The third-order valence-electron chi connectivity index (χ3n) is 4.94. The molecule has 4 aromatic rings. The van der Waals surface area contributed by atoms with Crippen molar-refractivity contribution < 1.29 is 4.39 Å². The molecule has 0 aliphatic carbocycles. The van der Waals surface area contributed by atoms with Crippen LogP contribution >= 0.6 is 15.9 Å². The molecule has 0 saturated heterocycles. The maximum atomic E-state index is 13.6. The number of rotatable bonds is 1. The molecule has 0 radical (unpaired) electrons. The Morgan fingerprint density at radius 3 is 2.83 bits per heavy atom. The Morgan fingerprint density at radius 2 is 2.00 bits per heavy atom. The van der Waals surface area contributed by atoms with Crippen molar-refractivity contribution in [3.8, 4) is 0 Å². The SMILES string of the molecule is Cc1nc(N)nc2c1C(n1nnc3ccccc31)=N[C@@H](c1ccc(F)cc1Br)C2. The molecule has 1 atom stereocenters. The first kappa shape index (κ1) is 17.9. The summed E-state index contributed by atoms with van der Waals surface area (Å²) >= 11 is 3.46. The molecule has 5 rings (SSSR count). The van der Waals surface area contributed by atoms with Gasteiger partial charge in [0.2, 0.25) is 5.95 Å². The molecule has 2 aromatic carbocycles. The lowest BCUT2D eigenvalue weighted by molar-refractivity contribution is 0.621. The van der Waals surface area contributed by atoms with Crippen molar-refractivity contribution in [3.63, 3.8) is 0 Å². The van der Waals surface area contributed by atoms with Gasteiger partial charge in [0.05, 0.1) is 28.5 Å². The van der Waals surface area contributed by atoms with E-state index in [4.69, 9.17) is 10.7 Å². The molecule has 0 saturated carbocycles. The smallest absolute Gasteiger partial charge is 0.220 e. The highest BCUT2D eigenvalue weighted by Crippen LogP contribution is 2.35. The molecule has 0 bridgehead atoms. The van der Waals surface area contributed by atoms with E-state index in [1.54, 1.807) is 10.7 Å². The molecule has 2 N–H and O–H groups in total. The van der Waals surface area contributed by atoms with Crippen LogP contribution in [0.1, 0.15) is 28.6 Å². The number of fused-ring (bicyclic) bond motifs is 2. The second-order valence-corrected chi connectivity index (χ2v) is 7.67. The minimum absolute atomic E-state index is 0.211. The maximum Gasteiger partial charge on any atom is 0.220 e. The number of aromatic nitrogens is 5. The monoisotopic (exact) mass is 451 g/mol. The van der Waals surface area contributed by atoms with E-state index in [2.05, 4.69) is 36.2 Å². The van der Waals surface area contributed by atoms with Gasteiger partial charge in [-0.05, 0) is 36.8 Å². The second-order valence-electron chi connectivity index (χ2n) is 6.82. The summed E-state index contributed by atoms with van der Waals surface area (Å²) in [6.07, 6.45) is 0.517. The largest absolute Gasteiger partial charge is 0.368 e. The van der Waals surface area contributed by atoms with E-state index in [0.29, 0.717) is 16.7 Å². The molecule has 9 heteroatoms. The topological polar surface area (TPSA) is 94.9 Å². The summed E-state index contributed by atoms with van der Waals surface area (Å²) in [5.74, 6) is 0.493. The highest BCUT2D eigenvalue weighted by atomic mass is 79.9. The van der Waals surface area contributed by atoms with Crippen LogP contribution in [-0.2, 0) is 6.42 Å². The summed E-state index contributed by atoms with van der Waals surface area (Å²) in [5, 5.41) is 8.57. The zero-order valence-corrected chi connectivity index (χ0v) is 16.9. The first-order valence-corrected chi connectivity index (χ1v) is 9.77. The highest BCUT2D eigenvalue weighted by Gasteiger charge is 2.29. The Morgan fingerprint density at radius 1 is 1.17 bits per heavy atom. The van der Waals surface area contributed by atoms with Gasteiger partial charge in [0, 0.05) is 10.9 Å². The zero-order chi connectivity index (χ0) is 20.1. The molecule has 7 nitrogen and oxygen atoms in total. The third-order valence-corrected chi connectivity index (χ3v) is 5.63. The van der Waals surface area contributed by atoms with Crippen LogP contribution < -0.4 is 5.73 Å².